The number of carbonyl (C=O) groups excluding carboxylic acids is 1. The molecule has 130 valence electrons. The molecule has 2 aromatic rings. The van der Waals surface area contributed by atoms with Crippen LogP contribution in [0.15, 0.2) is 28.8 Å². The lowest BCUT2D eigenvalue weighted by atomic mass is 10.1. The predicted molar refractivity (Wildman–Crippen MR) is 85.7 cm³/mol. The van der Waals surface area contributed by atoms with Gasteiger partial charge in [0.05, 0.1) is 6.10 Å². The number of halogens is 1. The van der Waals surface area contributed by atoms with Gasteiger partial charge in [0.15, 0.2) is 5.82 Å². The summed E-state index contributed by atoms with van der Waals surface area (Å²) in [5, 5.41) is 16.4. The Hall–Kier alpha value is -2.28. The third-order valence-corrected chi connectivity index (χ3v) is 3.55. The summed E-state index contributed by atoms with van der Waals surface area (Å²) in [7, 11) is 0. The van der Waals surface area contributed by atoms with Gasteiger partial charge in [-0.3, -0.25) is 4.79 Å². The second-order valence-corrected chi connectivity index (χ2v) is 5.90. The molecule has 0 saturated carbocycles. The Morgan fingerprint density at radius 3 is 2.79 bits per heavy atom. The van der Waals surface area contributed by atoms with Crippen LogP contribution in [-0.2, 0) is 11.2 Å². The molecule has 0 aliphatic carbocycles. The summed E-state index contributed by atoms with van der Waals surface area (Å²) in [6.07, 6.45) is 0.271. The third kappa shape index (κ3) is 5.13. The number of aryl methyl sites for hydroxylation is 1. The zero-order valence-corrected chi connectivity index (χ0v) is 13.8. The molecule has 0 saturated heterocycles. The van der Waals surface area contributed by atoms with Gasteiger partial charge in [-0.05, 0) is 12.5 Å². The Labute approximate surface area is 140 Å². The number of hydrogen-bond acceptors (Lipinski definition) is 5. The Morgan fingerprint density at radius 2 is 2.12 bits per heavy atom. The highest BCUT2D eigenvalue weighted by Crippen LogP contribution is 2.15. The van der Waals surface area contributed by atoms with Crippen molar-refractivity contribution in [3.8, 4) is 0 Å². The molecule has 1 atom stereocenters. The van der Waals surface area contributed by atoms with E-state index in [9.17, 15) is 14.3 Å². The first-order valence-electron chi connectivity index (χ1n) is 7.99. The minimum atomic E-state index is -1.07. The van der Waals surface area contributed by atoms with E-state index in [1.165, 1.54) is 12.1 Å². The summed E-state index contributed by atoms with van der Waals surface area (Å²) < 4.78 is 18.6. The maximum Gasteiger partial charge on any atom is 0.226 e. The van der Waals surface area contributed by atoms with E-state index < -0.39 is 11.9 Å². The molecule has 0 radical (unpaired) electrons. The number of aliphatic hydroxyl groups is 1. The van der Waals surface area contributed by atoms with Crippen molar-refractivity contribution < 1.29 is 18.8 Å². The molecule has 1 heterocycles. The summed E-state index contributed by atoms with van der Waals surface area (Å²) in [5.74, 6) is 0.664. The van der Waals surface area contributed by atoms with Crippen LogP contribution in [0.25, 0.3) is 0 Å². The maximum absolute atomic E-state index is 13.5. The quantitative estimate of drug-likeness (QED) is 0.774. The standard InChI is InChI=1S/C17H22FN3O3/c1-11(2)17-20-16(24-21-17)9-5-8-15(23)19-10-14(22)12-6-3-4-7-13(12)18/h3-4,6-7,11,14,22H,5,8-10H2,1-2H3,(H,19,23). The van der Waals surface area contributed by atoms with Crippen molar-refractivity contribution in [1.29, 1.82) is 0 Å². The summed E-state index contributed by atoms with van der Waals surface area (Å²) in [5.41, 5.74) is 0.171. The number of nitrogens with one attached hydrogen (secondary N) is 1. The van der Waals surface area contributed by atoms with Crippen molar-refractivity contribution in [2.24, 2.45) is 0 Å². The number of hydrogen-bond donors (Lipinski definition) is 2. The van der Waals surface area contributed by atoms with Crippen molar-refractivity contribution in [3.63, 3.8) is 0 Å². The average Bonchev–Trinajstić information content (AvgIpc) is 3.02. The number of carbonyl (C=O) groups is 1. The van der Waals surface area contributed by atoms with E-state index in [0.29, 0.717) is 24.6 Å². The van der Waals surface area contributed by atoms with Crippen LogP contribution in [0.5, 0.6) is 0 Å². The second-order valence-electron chi connectivity index (χ2n) is 5.90. The van der Waals surface area contributed by atoms with Crippen molar-refractivity contribution in [2.45, 2.75) is 45.1 Å². The van der Waals surface area contributed by atoms with E-state index in [2.05, 4.69) is 15.5 Å². The zero-order valence-electron chi connectivity index (χ0n) is 13.8. The molecule has 0 aliphatic rings. The average molecular weight is 335 g/mol. The molecule has 1 aromatic carbocycles. The highest BCUT2D eigenvalue weighted by atomic mass is 19.1. The molecule has 2 N–H and O–H groups in total. The van der Waals surface area contributed by atoms with Crippen LogP contribution in [0, 0.1) is 5.82 Å². The molecule has 0 spiro atoms. The Bertz CT molecular complexity index is 673. The maximum atomic E-state index is 13.5. The largest absolute Gasteiger partial charge is 0.386 e. The molecule has 6 nitrogen and oxygen atoms in total. The lowest BCUT2D eigenvalue weighted by Gasteiger charge is -2.12. The molecule has 1 aromatic heterocycles. The van der Waals surface area contributed by atoms with Crippen molar-refractivity contribution in [3.05, 3.63) is 47.4 Å². The van der Waals surface area contributed by atoms with Gasteiger partial charge in [0, 0.05) is 30.9 Å². The van der Waals surface area contributed by atoms with E-state index in [1.54, 1.807) is 12.1 Å². The van der Waals surface area contributed by atoms with Gasteiger partial charge in [0.25, 0.3) is 0 Å². The monoisotopic (exact) mass is 335 g/mol. The molecule has 0 bridgehead atoms. The predicted octanol–water partition coefficient (Wildman–Crippen LogP) is 2.50. The van der Waals surface area contributed by atoms with Crippen LogP contribution >= 0.6 is 0 Å². The Morgan fingerprint density at radius 1 is 1.38 bits per heavy atom. The summed E-state index contributed by atoms with van der Waals surface area (Å²) >= 11 is 0. The van der Waals surface area contributed by atoms with Crippen LogP contribution < -0.4 is 5.32 Å². The molecule has 2 rings (SSSR count). The van der Waals surface area contributed by atoms with E-state index >= 15 is 0 Å². The van der Waals surface area contributed by atoms with Crippen molar-refractivity contribution >= 4 is 5.91 Å². The fraction of sp³-hybridized carbons (Fsp3) is 0.471. The summed E-state index contributed by atoms with van der Waals surface area (Å²) in [4.78, 5) is 16.0. The van der Waals surface area contributed by atoms with Crippen molar-refractivity contribution in [2.75, 3.05) is 6.54 Å². The van der Waals surface area contributed by atoms with Gasteiger partial charge in [0.1, 0.15) is 5.82 Å². The first-order valence-corrected chi connectivity index (χ1v) is 7.99. The van der Waals surface area contributed by atoms with Crippen LogP contribution in [0.1, 0.15) is 56.0 Å². The van der Waals surface area contributed by atoms with Crippen LogP contribution in [0.4, 0.5) is 4.39 Å². The number of rotatable bonds is 8. The summed E-state index contributed by atoms with van der Waals surface area (Å²) in [6.45, 7) is 3.92. The highest BCUT2D eigenvalue weighted by molar-refractivity contribution is 5.75. The molecule has 1 unspecified atom stereocenters. The normalized spacial score (nSPS) is 12.4. The van der Waals surface area contributed by atoms with Gasteiger partial charge in [0.2, 0.25) is 11.8 Å². The van der Waals surface area contributed by atoms with Gasteiger partial charge < -0.3 is 14.9 Å². The SMILES string of the molecule is CC(C)c1noc(CCCC(=O)NCC(O)c2ccccc2F)n1. The lowest BCUT2D eigenvalue weighted by Crippen LogP contribution is -2.28. The van der Waals surface area contributed by atoms with Crippen LogP contribution in [0.3, 0.4) is 0 Å². The van der Waals surface area contributed by atoms with Gasteiger partial charge in [-0.2, -0.15) is 4.98 Å². The van der Waals surface area contributed by atoms with Gasteiger partial charge >= 0.3 is 0 Å². The first kappa shape index (κ1) is 18.1. The number of benzene rings is 1. The molecular weight excluding hydrogens is 313 g/mol. The van der Waals surface area contributed by atoms with E-state index in [4.69, 9.17) is 4.52 Å². The van der Waals surface area contributed by atoms with Crippen LogP contribution in [0.2, 0.25) is 0 Å². The molecule has 0 fully saturated rings. The first-order chi connectivity index (χ1) is 11.5. The molecule has 1 amide bonds. The van der Waals surface area contributed by atoms with Gasteiger partial charge in [-0.15, -0.1) is 0 Å². The number of aromatic nitrogens is 2. The molecule has 24 heavy (non-hydrogen) atoms. The third-order valence-electron chi connectivity index (χ3n) is 3.55. The zero-order chi connectivity index (χ0) is 17.5. The molecule has 0 aliphatic heterocycles. The Kier molecular flexibility index (Phi) is 6.43. The van der Waals surface area contributed by atoms with Crippen LogP contribution in [-0.4, -0.2) is 27.7 Å². The van der Waals surface area contributed by atoms with E-state index in [-0.39, 0.29) is 30.4 Å². The Balaban J connectivity index is 1.70. The number of aliphatic hydroxyl groups excluding tert-OH is 1. The fourth-order valence-electron chi connectivity index (χ4n) is 2.16. The number of nitrogens with zero attached hydrogens (tertiary/aromatic N) is 2. The smallest absolute Gasteiger partial charge is 0.226 e. The van der Waals surface area contributed by atoms with Crippen molar-refractivity contribution in [1.82, 2.24) is 15.5 Å². The fourth-order valence-corrected chi connectivity index (χ4v) is 2.16. The van der Waals surface area contributed by atoms with E-state index in [0.717, 1.165) is 0 Å². The summed E-state index contributed by atoms with van der Waals surface area (Å²) in [6, 6.07) is 5.95. The minimum absolute atomic E-state index is 0.0299. The minimum Gasteiger partial charge on any atom is -0.386 e. The topological polar surface area (TPSA) is 88.2 Å². The highest BCUT2D eigenvalue weighted by Gasteiger charge is 2.14. The lowest BCUT2D eigenvalue weighted by molar-refractivity contribution is -0.121. The van der Waals surface area contributed by atoms with Gasteiger partial charge in [-0.25, -0.2) is 4.39 Å². The molecule has 7 heteroatoms. The number of amides is 1. The molecular formula is C17H22FN3O3. The second kappa shape index (κ2) is 8.54. The van der Waals surface area contributed by atoms with Gasteiger partial charge in [-0.1, -0.05) is 37.2 Å². The van der Waals surface area contributed by atoms with E-state index in [1.807, 2.05) is 13.8 Å².